The molecule has 0 unspecified atom stereocenters. The monoisotopic (exact) mass is 193 g/mol. The first-order valence-corrected chi connectivity index (χ1v) is 3.93. The van der Waals surface area contributed by atoms with E-state index < -0.39 is 29.4 Å². The van der Waals surface area contributed by atoms with E-state index in [4.69, 9.17) is 4.55 Å². The minimum atomic E-state index is -4.50. The van der Waals surface area contributed by atoms with E-state index in [0.717, 1.165) is 0 Å². The molecule has 0 aliphatic rings. The van der Waals surface area contributed by atoms with Crippen molar-refractivity contribution in [3.05, 3.63) is 0 Å². The van der Waals surface area contributed by atoms with Gasteiger partial charge in [0, 0.05) is 6.54 Å². The van der Waals surface area contributed by atoms with E-state index in [9.17, 15) is 21.6 Å². The van der Waals surface area contributed by atoms with Gasteiger partial charge >= 0.3 is 16.5 Å². The predicted molar refractivity (Wildman–Crippen MR) is 30.2 cm³/mol. The lowest BCUT2D eigenvalue weighted by Gasteiger charge is -2.04. The van der Waals surface area contributed by atoms with E-state index in [1.165, 1.54) is 4.72 Å². The average molecular weight is 193 g/mol. The Morgan fingerprint density at radius 3 is 2.09 bits per heavy atom. The van der Waals surface area contributed by atoms with E-state index in [1.54, 1.807) is 0 Å². The first-order valence-electron chi connectivity index (χ1n) is 2.49. The highest BCUT2D eigenvalue weighted by Crippen LogP contribution is 2.18. The van der Waals surface area contributed by atoms with E-state index in [1.807, 2.05) is 0 Å². The van der Waals surface area contributed by atoms with Crippen LogP contribution in [0.5, 0.6) is 0 Å². The van der Waals surface area contributed by atoms with Crippen molar-refractivity contribution in [1.82, 2.24) is 4.72 Å². The Kier molecular flexibility index (Phi) is 3.27. The van der Waals surface area contributed by atoms with Crippen LogP contribution in [-0.4, -0.2) is 25.7 Å². The molecule has 0 amide bonds. The van der Waals surface area contributed by atoms with Crippen molar-refractivity contribution in [1.29, 1.82) is 0 Å². The van der Waals surface area contributed by atoms with Crippen molar-refractivity contribution < 1.29 is 26.1 Å². The molecule has 0 atom stereocenters. The molecule has 0 saturated heterocycles. The summed E-state index contributed by atoms with van der Waals surface area (Å²) in [5.74, 6) is 0. The van der Waals surface area contributed by atoms with E-state index in [-0.39, 0.29) is 0 Å². The van der Waals surface area contributed by atoms with Gasteiger partial charge in [-0.05, 0) is 0 Å². The van der Waals surface area contributed by atoms with Gasteiger partial charge < -0.3 is 0 Å². The number of hydrogen-bond donors (Lipinski definition) is 2. The molecular weight excluding hydrogens is 187 g/mol. The Hall–Kier alpha value is -0.340. The summed E-state index contributed by atoms with van der Waals surface area (Å²) < 4.78 is 62.7. The largest absolute Gasteiger partial charge is 0.390 e. The fraction of sp³-hybridized carbons (Fsp3) is 1.00. The van der Waals surface area contributed by atoms with Gasteiger partial charge in [0.15, 0.2) is 0 Å². The molecular formula is C3H6F3NO3S. The molecule has 4 nitrogen and oxygen atoms in total. The van der Waals surface area contributed by atoms with Gasteiger partial charge in [0.25, 0.3) is 0 Å². The summed E-state index contributed by atoms with van der Waals surface area (Å²) in [4.78, 5) is 0. The van der Waals surface area contributed by atoms with Gasteiger partial charge in [0.2, 0.25) is 0 Å². The smallest absolute Gasteiger partial charge is 0.273 e. The standard InChI is InChI=1S/C3H6F3NO3S/c4-3(5,6)1-2-7-11(8,9)10/h7H,1-2H2,(H,8,9,10). The lowest BCUT2D eigenvalue weighted by molar-refractivity contribution is -0.132. The molecule has 0 saturated carbocycles. The fourth-order valence-electron chi connectivity index (χ4n) is 0.322. The number of halogens is 3. The van der Waals surface area contributed by atoms with Gasteiger partial charge in [-0.15, -0.1) is 0 Å². The molecule has 68 valence electrons. The molecule has 0 rings (SSSR count). The van der Waals surface area contributed by atoms with Crippen molar-refractivity contribution in [3.8, 4) is 0 Å². The third-order valence-corrected chi connectivity index (χ3v) is 1.26. The van der Waals surface area contributed by atoms with Crippen molar-refractivity contribution in [2.75, 3.05) is 6.54 Å². The van der Waals surface area contributed by atoms with Gasteiger partial charge in [0.1, 0.15) is 0 Å². The molecule has 0 spiro atoms. The second kappa shape index (κ2) is 3.37. The molecule has 0 aromatic heterocycles. The summed E-state index contributed by atoms with van der Waals surface area (Å²) in [7, 11) is -4.50. The maximum atomic E-state index is 11.3. The topological polar surface area (TPSA) is 66.4 Å². The Morgan fingerprint density at radius 2 is 1.82 bits per heavy atom. The predicted octanol–water partition coefficient (Wildman–Crippen LogP) is 0.331. The lowest BCUT2D eigenvalue weighted by atomic mass is 10.4. The molecule has 11 heavy (non-hydrogen) atoms. The summed E-state index contributed by atoms with van der Waals surface area (Å²) in [6.45, 7) is -0.845. The quantitative estimate of drug-likeness (QED) is 0.635. The first kappa shape index (κ1) is 10.7. The molecule has 2 N–H and O–H groups in total. The van der Waals surface area contributed by atoms with Crippen LogP contribution in [0.2, 0.25) is 0 Å². The van der Waals surface area contributed by atoms with Crippen LogP contribution in [0.15, 0.2) is 0 Å². The van der Waals surface area contributed by atoms with Crippen LogP contribution in [0.3, 0.4) is 0 Å². The van der Waals surface area contributed by atoms with E-state index in [0.29, 0.717) is 0 Å². The lowest BCUT2D eigenvalue weighted by Crippen LogP contribution is -2.27. The molecule has 8 heteroatoms. The highest BCUT2D eigenvalue weighted by molar-refractivity contribution is 7.83. The molecule has 0 radical (unpaired) electrons. The number of nitrogens with one attached hydrogen (secondary N) is 1. The second-order valence-corrected chi connectivity index (χ2v) is 2.97. The van der Waals surface area contributed by atoms with Crippen molar-refractivity contribution >= 4 is 10.3 Å². The van der Waals surface area contributed by atoms with Gasteiger partial charge in [0.05, 0.1) is 6.42 Å². The van der Waals surface area contributed by atoms with Gasteiger partial charge in [-0.2, -0.15) is 26.3 Å². The van der Waals surface area contributed by atoms with Gasteiger partial charge in [-0.25, -0.2) is 0 Å². The normalized spacial score (nSPS) is 13.5. The molecule has 0 heterocycles. The number of alkyl halides is 3. The van der Waals surface area contributed by atoms with Crippen molar-refractivity contribution in [3.63, 3.8) is 0 Å². The summed E-state index contributed by atoms with van der Waals surface area (Å²) in [6, 6.07) is 0. The third kappa shape index (κ3) is 9.66. The zero-order chi connectivity index (χ0) is 9.12. The SMILES string of the molecule is O=S(=O)(O)NCCC(F)(F)F. The molecule has 0 aliphatic heterocycles. The highest BCUT2D eigenvalue weighted by atomic mass is 32.2. The Balaban J connectivity index is 3.61. The Labute approximate surface area is 61.3 Å². The molecule has 0 aliphatic carbocycles. The summed E-state index contributed by atoms with van der Waals surface area (Å²) in [6.07, 6.45) is -5.72. The zero-order valence-corrected chi connectivity index (χ0v) is 6.04. The van der Waals surface area contributed by atoms with Crippen molar-refractivity contribution in [2.45, 2.75) is 12.6 Å². The molecule has 0 bridgehead atoms. The second-order valence-electron chi connectivity index (χ2n) is 1.73. The average Bonchev–Trinajstić information content (AvgIpc) is 1.55. The summed E-state index contributed by atoms with van der Waals surface area (Å²) in [5.41, 5.74) is 0. The van der Waals surface area contributed by atoms with Gasteiger partial charge in [-0.1, -0.05) is 0 Å². The van der Waals surface area contributed by atoms with Crippen molar-refractivity contribution in [2.24, 2.45) is 0 Å². The van der Waals surface area contributed by atoms with E-state index >= 15 is 0 Å². The minimum absolute atomic E-state index is 0.845. The van der Waals surface area contributed by atoms with Crippen LogP contribution in [0.4, 0.5) is 13.2 Å². The van der Waals surface area contributed by atoms with Crippen LogP contribution in [-0.2, 0) is 10.3 Å². The fourth-order valence-corrected chi connectivity index (χ4v) is 0.682. The molecule has 0 aromatic carbocycles. The third-order valence-electron chi connectivity index (χ3n) is 0.693. The Morgan fingerprint density at radius 1 is 1.36 bits per heavy atom. The van der Waals surface area contributed by atoms with Crippen LogP contribution in [0, 0.1) is 0 Å². The molecule has 0 aromatic rings. The minimum Gasteiger partial charge on any atom is -0.273 e. The van der Waals surface area contributed by atoms with Crippen LogP contribution in [0.1, 0.15) is 6.42 Å². The zero-order valence-electron chi connectivity index (χ0n) is 5.22. The highest BCUT2D eigenvalue weighted by Gasteiger charge is 2.26. The van der Waals surface area contributed by atoms with Crippen LogP contribution in [0.25, 0.3) is 0 Å². The van der Waals surface area contributed by atoms with Crippen LogP contribution < -0.4 is 4.72 Å². The van der Waals surface area contributed by atoms with Crippen LogP contribution >= 0.6 is 0 Å². The Bertz CT molecular complexity index is 208. The summed E-state index contributed by atoms with van der Waals surface area (Å²) >= 11 is 0. The summed E-state index contributed by atoms with van der Waals surface area (Å²) in [5, 5.41) is 0. The van der Waals surface area contributed by atoms with E-state index in [2.05, 4.69) is 0 Å². The van der Waals surface area contributed by atoms with Gasteiger partial charge in [-0.3, -0.25) is 4.55 Å². The molecule has 0 fully saturated rings. The maximum Gasteiger partial charge on any atom is 0.390 e. The maximum absolute atomic E-state index is 11.3. The number of rotatable bonds is 3. The first-order chi connectivity index (χ1) is 4.71. The number of hydrogen-bond acceptors (Lipinski definition) is 2.